The molecule has 5 heteroatoms. The Bertz CT molecular complexity index is 599. The van der Waals surface area contributed by atoms with Gasteiger partial charge in [-0.1, -0.05) is 41.7 Å². The molecule has 2 atom stereocenters. The molecule has 1 aromatic heterocycles. The van der Waals surface area contributed by atoms with Crippen molar-refractivity contribution in [2.24, 2.45) is 0 Å². The number of halogens is 1. The van der Waals surface area contributed by atoms with Crippen molar-refractivity contribution in [3.8, 4) is 0 Å². The van der Waals surface area contributed by atoms with Gasteiger partial charge >= 0.3 is 0 Å². The largest absolute Gasteiger partial charge is 0.339 e. The SMILES string of the molecule is CNC1CCCCC1c1nc(Cc2cccc(Cl)c2)no1. The fourth-order valence-electron chi connectivity index (χ4n) is 3.09. The zero-order valence-electron chi connectivity index (χ0n) is 12.2. The highest BCUT2D eigenvalue weighted by atomic mass is 35.5. The van der Waals surface area contributed by atoms with Gasteiger partial charge in [0.05, 0.1) is 5.92 Å². The molecule has 1 heterocycles. The van der Waals surface area contributed by atoms with Crippen LogP contribution in [0.25, 0.3) is 0 Å². The summed E-state index contributed by atoms with van der Waals surface area (Å²) in [5.41, 5.74) is 1.10. The maximum absolute atomic E-state index is 6.00. The maximum atomic E-state index is 6.00. The molecule has 1 fully saturated rings. The van der Waals surface area contributed by atoms with Gasteiger partial charge in [-0.2, -0.15) is 4.98 Å². The highest BCUT2D eigenvalue weighted by Crippen LogP contribution is 2.32. The second-order valence-electron chi connectivity index (χ2n) is 5.64. The van der Waals surface area contributed by atoms with Crippen molar-refractivity contribution >= 4 is 11.6 Å². The molecule has 1 saturated carbocycles. The van der Waals surface area contributed by atoms with Crippen LogP contribution in [0.15, 0.2) is 28.8 Å². The molecular weight excluding hydrogens is 286 g/mol. The molecule has 3 rings (SSSR count). The van der Waals surface area contributed by atoms with Crippen molar-refractivity contribution in [1.82, 2.24) is 15.5 Å². The van der Waals surface area contributed by atoms with E-state index >= 15 is 0 Å². The van der Waals surface area contributed by atoms with Gasteiger partial charge in [0.2, 0.25) is 5.89 Å². The van der Waals surface area contributed by atoms with Crippen LogP contribution < -0.4 is 5.32 Å². The van der Waals surface area contributed by atoms with Crippen molar-refractivity contribution in [1.29, 1.82) is 0 Å². The maximum Gasteiger partial charge on any atom is 0.231 e. The molecule has 0 saturated heterocycles. The molecule has 1 aliphatic carbocycles. The number of likely N-dealkylation sites (N-methyl/N-ethyl adjacent to an activating group) is 1. The van der Waals surface area contributed by atoms with Gasteiger partial charge in [0.15, 0.2) is 5.82 Å². The summed E-state index contributed by atoms with van der Waals surface area (Å²) < 4.78 is 5.50. The van der Waals surface area contributed by atoms with Crippen LogP contribution >= 0.6 is 11.6 Å². The zero-order valence-corrected chi connectivity index (χ0v) is 12.9. The first-order valence-corrected chi connectivity index (χ1v) is 7.88. The number of hydrogen-bond acceptors (Lipinski definition) is 4. The van der Waals surface area contributed by atoms with Crippen molar-refractivity contribution in [3.05, 3.63) is 46.6 Å². The summed E-state index contributed by atoms with van der Waals surface area (Å²) in [6, 6.07) is 8.22. The first-order chi connectivity index (χ1) is 10.3. The van der Waals surface area contributed by atoms with E-state index in [1.807, 2.05) is 31.3 Å². The van der Waals surface area contributed by atoms with Crippen LogP contribution in [-0.4, -0.2) is 23.2 Å². The van der Waals surface area contributed by atoms with Crippen LogP contribution in [0.2, 0.25) is 5.02 Å². The van der Waals surface area contributed by atoms with Crippen molar-refractivity contribution < 1.29 is 4.52 Å². The number of aromatic nitrogens is 2. The fourth-order valence-corrected chi connectivity index (χ4v) is 3.30. The lowest BCUT2D eigenvalue weighted by Gasteiger charge is -2.28. The number of benzene rings is 1. The molecule has 2 unspecified atom stereocenters. The van der Waals surface area contributed by atoms with E-state index in [1.165, 1.54) is 19.3 Å². The Morgan fingerprint density at radius 3 is 3.00 bits per heavy atom. The fraction of sp³-hybridized carbons (Fsp3) is 0.500. The van der Waals surface area contributed by atoms with Crippen LogP contribution in [0.4, 0.5) is 0 Å². The third-order valence-electron chi connectivity index (χ3n) is 4.19. The summed E-state index contributed by atoms with van der Waals surface area (Å²) in [4.78, 5) is 4.60. The lowest BCUT2D eigenvalue weighted by atomic mass is 9.84. The number of nitrogens with zero attached hydrogens (tertiary/aromatic N) is 2. The van der Waals surface area contributed by atoms with Crippen LogP contribution in [-0.2, 0) is 6.42 Å². The molecule has 1 aromatic carbocycles. The minimum absolute atomic E-state index is 0.337. The molecule has 1 N–H and O–H groups in total. The summed E-state index contributed by atoms with van der Waals surface area (Å²) in [6.45, 7) is 0. The molecule has 21 heavy (non-hydrogen) atoms. The molecule has 112 valence electrons. The van der Waals surface area contributed by atoms with Crippen molar-refractivity contribution in [2.75, 3.05) is 7.05 Å². The smallest absolute Gasteiger partial charge is 0.231 e. The Labute approximate surface area is 129 Å². The lowest BCUT2D eigenvalue weighted by molar-refractivity contribution is 0.269. The van der Waals surface area contributed by atoms with Gasteiger partial charge in [-0.05, 0) is 37.6 Å². The first-order valence-electron chi connectivity index (χ1n) is 7.50. The summed E-state index contributed by atoms with van der Waals surface area (Å²) in [5.74, 6) is 1.84. The second-order valence-corrected chi connectivity index (χ2v) is 6.08. The van der Waals surface area contributed by atoms with Crippen LogP contribution in [0, 0.1) is 0 Å². The molecule has 0 amide bonds. The summed E-state index contributed by atoms with van der Waals surface area (Å²) in [5, 5.41) is 8.24. The molecule has 0 aliphatic heterocycles. The van der Waals surface area contributed by atoms with Gasteiger partial charge in [-0.25, -0.2) is 0 Å². The second kappa shape index (κ2) is 6.58. The van der Waals surface area contributed by atoms with Gasteiger partial charge in [-0.3, -0.25) is 0 Å². The first kappa shape index (κ1) is 14.5. The van der Waals surface area contributed by atoms with Gasteiger partial charge in [0.25, 0.3) is 0 Å². The molecule has 0 radical (unpaired) electrons. The highest BCUT2D eigenvalue weighted by Gasteiger charge is 2.29. The molecule has 0 spiro atoms. The van der Waals surface area contributed by atoms with Crippen molar-refractivity contribution in [3.63, 3.8) is 0 Å². The van der Waals surface area contributed by atoms with Gasteiger partial charge in [-0.15, -0.1) is 0 Å². The third kappa shape index (κ3) is 3.44. The van der Waals surface area contributed by atoms with Gasteiger partial charge in [0.1, 0.15) is 0 Å². The monoisotopic (exact) mass is 305 g/mol. The Kier molecular flexibility index (Phi) is 4.56. The van der Waals surface area contributed by atoms with E-state index < -0.39 is 0 Å². The molecule has 4 nitrogen and oxygen atoms in total. The minimum atomic E-state index is 0.337. The highest BCUT2D eigenvalue weighted by molar-refractivity contribution is 6.30. The predicted molar refractivity (Wildman–Crippen MR) is 82.6 cm³/mol. The summed E-state index contributed by atoms with van der Waals surface area (Å²) >= 11 is 6.00. The van der Waals surface area contributed by atoms with E-state index in [1.54, 1.807) is 0 Å². The van der Waals surface area contributed by atoms with Crippen LogP contribution in [0.3, 0.4) is 0 Å². The Morgan fingerprint density at radius 2 is 2.19 bits per heavy atom. The average Bonchev–Trinajstić information content (AvgIpc) is 2.95. The van der Waals surface area contributed by atoms with E-state index in [2.05, 4.69) is 15.5 Å². The van der Waals surface area contributed by atoms with E-state index in [-0.39, 0.29) is 0 Å². The molecule has 0 bridgehead atoms. The number of hydrogen-bond donors (Lipinski definition) is 1. The Hall–Kier alpha value is -1.39. The minimum Gasteiger partial charge on any atom is -0.339 e. The number of rotatable bonds is 4. The quantitative estimate of drug-likeness (QED) is 0.938. The van der Waals surface area contributed by atoms with E-state index in [0.717, 1.165) is 28.7 Å². The topological polar surface area (TPSA) is 51.0 Å². The Morgan fingerprint density at radius 1 is 1.33 bits per heavy atom. The molecule has 1 aliphatic rings. The zero-order chi connectivity index (χ0) is 14.7. The van der Waals surface area contributed by atoms with E-state index in [4.69, 9.17) is 16.1 Å². The van der Waals surface area contributed by atoms with E-state index in [9.17, 15) is 0 Å². The van der Waals surface area contributed by atoms with Crippen LogP contribution in [0.5, 0.6) is 0 Å². The lowest BCUT2D eigenvalue weighted by Crippen LogP contribution is -2.34. The van der Waals surface area contributed by atoms with Gasteiger partial charge in [0, 0.05) is 17.5 Å². The molecule has 2 aromatic rings. The van der Waals surface area contributed by atoms with Crippen LogP contribution in [0.1, 0.15) is 48.9 Å². The third-order valence-corrected chi connectivity index (χ3v) is 4.42. The standard InChI is InChI=1S/C16H20ClN3O/c1-18-14-8-3-2-7-13(14)16-19-15(20-21-16)10-11-5-4-6-12(17)9-11/h4-6,9,13-14,18H,2-3,7-8,10H2,1H3. The summed E-state index contributed by atoms with van der Waals surface area (Å²) in [6.07, 6.45) is 5.44. The normalized spacial score (nSPS) is 22.4. The van der Waals surface area contributed by atoms with Crippen molar-refractivity contribution in [2.45, 2.75) is 44.1 Å². The Balaban J connectivity index is 1.73. The predicted octanol–water partition coefficient (Wildman–Crippen LogP) is 3.56. The average molecular weight is 306 g/mol. The number of nitrogens with one attached hydrogen (secondary N) is 1. The van der Waals surface area contributed by atoms with Gasteiger partial charge < -0.3 is 9.84 Å². The molecular formula is C16H20ClN3O. The van der Waals surface area contributed by atoms with E-state index in [0.29, 0.717) is 18.4 Å². The summed E-state index contributed by atoms with van der Waals surface area (Å²) in [7, 11) is 2.01.